The molecule has 0 heterocycles. The largest absolute Gasteiger partial charge is 0.489 e. The van der Waals surface area contributed by atoms with Crippen molar-refractivity contribution in [2.75, 3.05) is 29.5 Å². The molecule has 0 atom stereocenters. The van der Waals surface area contributed by atoms with Gasteiger partial charge in [0.25, 0.3) is 0 Å². The average molecular weight is 469 g/mol. The number of rotatable bonds is 9. The zero-order valence-electron chi connectivity index (χ0n) is 18.2. The van der Waals surface area contributed by atoms with E-state index in [0.29, 0.717) is 29.3 Å². The summed E-state index contributed by atoms with van der Waals surface area (Å²) < 4.78 is 36.0. The molecule has 0 aliphatic heterocycles. The summed E-state index contributed by atoms with van der Waals surface area (Å²) in [5.41, 5.74) is 2.10. The number of ether oxygens (including phenoxy) is 2. The van der Waals surface area contributed by atoms with Crippen LogP contribution in [0, 0.1) is 0 Å². The maximum absolute atomic E-state index is 12.5. The van der Waals surface area contributed by atoms with E-state index in [1.807, 2.05) is 30.3 Å². The van der Waals surface area contributed by atoms with Crippen LogP contribution in [0.3, 0.4) is 0 Å². The number of methoxy groups -OCH3 is 1. The Morgan fingerprint density at radius 1 is 0.909 bits per heavy atom. The van der Waals surface area contributed by atoms with Gasteiger partial charge in [-0.25, -0.2) is 13.2 Å². The lowest BCUT2D eigenvalue weighted by molar-refractivity contribution is -0.114. The predicted molar refractivity (Wildman–Crippen MR) is 126 cm³/mol. The highest BCUT2D eigenvalue weighted by Crippen LogP contribution is 2.22. The third-order valence-corrected chi connectivity index (χ3v) is 5.79. The minimum atomic E-state index is -3.72. The maximum atomic E-state index is 12.5. The lowest BCUT2D eigenvalue weighted by atomic mass is 10.2. The molecule has 0 saturated carbocycles. The molecule has 3 aromatic rings. The number of sulfonamides is 1. The van der Waals surface area contributed by atoms with Gasteiger partial charge in [-0.05, 0) is 54.1 Å². The van der Waals surface area contributed by atoms with Crippen LogP contribution in [-0.2, 0) is 26.2 Å². The van der Waals surface area contributed by atoms with Crippen molar-refractivity contribution >= 4 is 33.3 Å². The van der Waals surface area contributed by atoms with E-state index < -0.39 is 28.4 Å². The monoisotopic (exact) mass is 468 g/mol. The number of carbonyl (C=O) groups excluding carboxylic acids is 2. The van der Waals surface area contributed by atoms with Crippen LogP contribution >= 0.6 is 0 Å². The molecule has 33 heavy (non-hydrogen) atoms. The normalized spacial score (nSPS) is 10.8. The minimum absolute atomic E-state index is 0.334. The minimum Gasteiger partial charge on any atom is -0.489 e. The van der Waals surface area contributed by atoms with Crippen LogP contribution in [0.15, 0.2) is 78.9 Å². The molecular weight excluding hydrogens is 444 g/mol. The van der Waals surface area contributed by atoms with E-state index in [-0.39, 0.29) is 0 Å². The van der Waals surface area contributed by atoms with Crippen LogP contribution in [0.5, 0.6) is 5.75 Å². The Morgan fingerprint density at radius 2 is 1.55 bits per heavy atom. The van der Waals surface area contributed by atoms with E-state index in [1.54, 1.807) is 24.3 Å². The van der Waals surface area contributed by atoms with Crippen molar-refractivity contribution in [3.63, 3.8) is 0 Å². The van der Waals surface area contributed by atoms with Crippen molar-refractivity contribution in [2.24, 2.45) is 0 Å². The number of carbonyl (C=O) groups is 2. The van der Waals surface area contributed by atoms with E-state index in [9.17, 15) is 18.0 Å². The predicted octanol–water partition coefficient (Wildman–Crippen LogP) is 3.46. The number of esters is 1. The summed E-state index contributed by atoms with van der Waals surface area (Å²) in [7, 11) is -2.45. The van der Waals surface area contributed by atoms with E-state index in [4.69, 9.17) is 4.74 Å². The van der Waals surface area contributed by atoms with Crippen molar-refractivity contribution in [3.8, 4) is 5.75 Å². The van der Waals surface area contributed by atoms with Gasteiger partial charge in [0.15, 0.2) is 0 Å². The lowest BCUT2D eigenvalue weighted by Gasteiger charge is -2.22. The Kier molecular flexibility index (Phi) is 7.68. The van der Waals surface area contributed by atoms with Crippen LogP contribution in [0.4, 0.5) is 11.4 Å². The quantitative estimate of drug-likeness (QED) is 0.483. The SMILES string of the molecule is COC(=O)c1ccc(NC(=O)CN(c2ccc(OCc3ccccc3)cc2)S(C)(=O)=O)cc1. The summed E-state index contributed by atoms with van der Waals surface area (Å²) in [5.74, 6) is -0.450. The Balaban J connectivity index is 1.65. The zero-order valence-corrected chi connectivity index (χ0v) is 19.0. The lowest BCUT2D eigenvalue weighted by Crippen LogP contribution is -2.37. The highest BCUT2D eigenvalue weighted by molar-refractivity contribution is 7.92. The fourth-order valence-corrected chi connectivity index (χ4v) is 3.84. The molecule has 8 nitrogen and oxygen atoms in total. The Morgan fingerprint density at radius 3 is 2.12 bits per heavy atom. The molecule has 0 fully saturated rings. The Hall–Kier alpha value is -3.85. The first-order valence-corrected chi connectivity index (χ1v) is 11.8. The molecule has 1 N–H and O–H groups in total. The van der Waals surface area contributed by atoms with Gasteiger partial charge in [0, 0.05) is 5.69 Å². The van der Waals surface area contributed by atoms with Gasteiger partial charge in [-0.3, -0.25) is 9.10 Å². The molecule has 0 aliphatic rings. The van der Waals surface area contributed by atoms with Gasteiger partial charge in [-0.2, -0.15) is 0 Å². The highest BCUT2D eigenvalue weighted by atomic mass is 32.2. The van der Waals surface area contributed by atoms with Crippen LogP contribution in [0.25, 0.3) is 0 Å². The van der Waals surface area contributed by atoms with Crippen molar-refractivity contribution in [1.82, 2.24) is 0 Å². The van der Waals surface area contributed by atoms with Gasteiger partial charge < -0.3 is 14.8 Å². The molecule has 3 aromatic carbocycles. The number of nitrogens with zero attached hydrogens (tertiary/aromatic N) is 1. The van der Waals surface area contributed by atoms with Crippen LogP contribution in [0.1, 0.15) is 15.9 Å². The number of hydrogen-bond donors (Lipinski definition) is 1. The first kappa shape index (κ1) is 23.8. The van der Waals surface area contributed by atoms with Gasteiger partial charge in [-0.1, -0.05) is 30.3 Å². The molecule has 0 unspecified atom stereocenters. The highest BCUT2D eigenvalue weighted by Gasteiger charge is 2.21. The molecular formula is C24H24N2O6S. The van der Waals surface area contributed by atoms with Gasteiger partial charge in [0.1, 0.15) is 18.9 Å². The second-order valence-corrected chi connectivity index (χ2v) is 9.06. The zero-order chi connectivity index (χ0) is 23.8. The third-order valence-electron chi connectivity index (χ3n) is 4.65. The average Bonchev–Trinajstić information content (AvgIpc) is 2.81. The Labute approximate surface area is 192 Å². The number of hydrogen-bond acceptors (Lipinski definition) is 6. The summed E-state index contributed by atoms with van der Waals surface area (Å²) in [5, 5.41) is 2.63. The maximum Gasteiger partial charge on any atom is 0.337 e. The summed E-state index contributed by atoms with van der Waals surface area (Å²) in [6.45, 7) is -0.0328. The molecule has 0 spiro atoms. The number of anilines is 2. The van der Waals surface area contributed by atoms with Crippen LogP contribution in [-0.4, -0.2) is 40.2 Å². The van der Waals surface area contributed by atoms with E-state index in [1.165, 1.54) is 31.4 Å². The first-order chi connectivity index (χ1) is 15.8. The number of benzene rings is 3. The smallest absolute Gasteiger partial charge is 0.337 e. The van der Waals surface area contributed by atoms with Crippen molar-refractivity contribution < 1.29 is 27.5 Å². The fraction of sp³-hybridized carbons (Fsp3) is 0.167. The van der Waals surface area contributed by atoms with Crippen molar-refractivity contribution in [3.05, 3.63) is 90.0 Å². The topological polar surface area (TPSA) is 102 Å². The van der Waals surface area contributed by atoms with Gasteiger partial charge in [-0.15, -0.1) is 0 Å². The Bertz CT molecular complexity index is 1190. The number of nitrogens with one attached hydrogen (secondary N) is 1. The fourth-order valence-electron chi connectivity index (χ4n) is 2.99. The molecule has 3 rings (SSSR count). The molecule has 172 valence electrons. The molecule has 0 radical (unpaired) electrons. The van der Waals surface area contributed by atoms with Gasteiger partial charge in [0.05, 0.1) is 24.6 Å². The first-order valence-electron chi connectivity index (χ1n) is 9.99. The molecule has 0 aliphatic carbocycles. The second-order valence-electron chi connectivity index (χ2n) is 7.15. The summed E-state index contributed by atoms with van der Waals surface area (Å²) in [6.07, 6.45) is 1.03. The van der Waals surface area contributed by atoms with E-state index in [2.05, 4.69) is 10.1 Å². The van der Waals surface area contributed by atoms with E-state index >= 15 is 0 Å². The summed E-state index contributed by atoms with van der Waals surface area (Å²) in [6, 6.07) is 22.2. The molecule has 0 aromatic heterocycles. The third kappa shape index (κ3) is 6.81. The molecule has 9 heteroatoms. The molecule has 0 bridgehead atoms. The summed E-state index contributed by atoms with van der Waals surface area (Å²) >= 11 is 0. The van der Waals surface area contributed by atoms with Crippen molar-refractivity contribution in [1.29, 1.82) is 0 Å². The number of amides is 1. The van der Waals surface area contributed by atoms with Crippen LogP contribution < -0.4 is 14.4 Å². The molecule has 1 amide bonds. The van der Waals surface area contributed by atoms with Crippen molar-refractivity contribution in [2.45, 2.75) is 6.61 Å². The summed E-state index contributed by atoms with van der Waals surface area (Å²) in [4.78, 5) is 24.0. The van der Waals surface area contributed by atoms with Crippen LogP contribution in [0.2, 0.25) is 0 Å². The van der Waals surface area contributed by atoms with Gasteiger partial charge in [0.2, 0.25) is 15.9 Å². The van der Waals surface area contributed by atoms with Gasteiger partial charge >= 0.3 is 5.97 Å². The second kappa shape index (κ2) is 10.6. The molecule has 0 saturated heterocycles. The van der Waals surface area contributed by atoms with E-state index in [0.717, 1.165) is 16.1 Å². The standard InChI is InChI=1S/C24H24N2O6S/c1-31-24(28)19-8-10-20(11-9-19)25-23(27)16-26(33(2,29)30)21-12-14-22(15-13-21)32-17-18-6-4-3-5-7-18/h3-15H,16-17H2,1-2H3,(H,25,27).